The second-order valence-corrected chi connectivity index (χ2v) is 6.03. The number of benzene rings is 1. The number of nitrogens with one attached hydrogen (secondary N) is 1. The normalized spacial score (nSPS) is 16.2. The molecule has 126 valence electrons. The van der Waals surface area contributed by atoms with E-state index >= 15 is 0 Å². The van der Waals surface area contributed by atoms with Crippen LogP contribution in [0.5, 0.6) is 0 Å². The van der Waals surface area contributed by atoms with Gasteiger partial charge in [-0.15, -0.1) is 0 Å². The molecule has 1 atom stereocenters. The number of rotatable bonds is 4. The van der Waals surface area contributed by atoms with Gasteiger partial charge in [0.25, 0.3) is 5.91 Å². The van der Waals surface area contributed by atoms with Crippen molar-refractivity contribution in [3.8, 4) is 0 Å². The van der Waals surface area contributed by atoms with Crippen molar-refractivity contribution in [1.29, 1.82) is 0 Å². The number of amides is 1. The van der Waals surface area contributed by atoms with Gasteiger partial charge in [-0.05, 0) is 42.5 Å². The number of aromatic nitrogens is 1. The molecule has 1 aliphatic heterocycles. The molecule has 1 amide bonds. The fraction of sp³-hybridized carbons (Fsp3) is 0.111. The molecule has 0 spiro atoms. The van der Waals surface area contributed by atoms with Crippen LogP contribution in [0.15, 0.2) is 59.3 Å². The van der Waals surface area contributed by atoms with Crippen molar-refractivity contribution in [2.24, 2.45) is 0 Å². The third kappa shape index (κ3) is 2.85. The van der Waals surface area contributed by atoms with Gasteiger partial charge >= 0.3 is 0 Å². The van der Waals surface area contributed by atoms with Crippen LogP contribution in [0.2, 0.25) is 5.02 Å². The Morgan fingerprint density at radius 2 is 2.16 bits per heavy atom. The van der Waals surface area contributed by atoms with E-state index in [1.165, 1.54) is 12.1 Å². The summed E-state index contributed by atoms with van der Waals surface area (Å²) in [5, 5.41) is 3.22. The molecular formula is C18H13ClFN3O2. The van der Waals surface area contributed by atoms with E-state index < -0.39 is 12.0 Å². The highest BCUT2D eigenvalue weighted by atomic mass is 35.5. The molecule has 1 aliphatic rings. The highest BCUT2D eigenvalue weighted by Crippen LogP contribution is 2.34. The summed E-state index contributed by atoms with van der Waals surface area (Å²) in [6.45, 7) is 0.286. The highest BCUT2D eigenvalue weighted by Gasteiger charge is 2.38. The summed E-state index contributed by atoms with van der Waals surface area (Å²) in [6, 6.07) is 11.3. The Kier molecular flexibility index (Phi) is 3.89. The lowest BCUT2D eigenvalue weighted by molar-refractivity contribution is 0.0714. The first kappa shape index (κ1) is 15.7. The molecule has 3 aromatic rings. The molecule has 3 heterocycles. The molecule has 1 aromatic carbocycles. The number of furan rings is 1. The molecule has 25 heavy (non-hydrogen) atoms. The first-order valence-electron chi connectivity index (χ1n) is 7.63. The molecule has 0 saturated carbocycles. The maximum atomic E-state index is 13.4. The molecule has 0 radical (unpaired) electrons. The van der Waals surface area contributed by atoms with Crippen LogP contribution in [-0.4, -0.2) is 15.8 Å². The van der Waals surface area contributed by atoms with Crippen LogP contribution in [0.4, 0.5) is 10.1 Å². The largest absolute Gasteiger partial charge is 0.467 e. The lowest BCUT2D eigenvalue weighted by atomic mass is 10.2. The predicted octanol–water partition coefficient (Wildman–Crippen LogP) is 4.23. The first-order chi connectivity index (χ1) is 12.1. The standard InChI is InChI=1S/C18H13ClFN3O2/c19-14-9-11(5-6-15(14)20)22-17-16-13(4-1-7-21-16)18(24)23(17)10-12-3-2-8-25-12/h1-9,17,22H,10H2/t17-/m0/s1. The molecule has 0 aliphatic carbocycles. The highest BCUT2D eigenvalue weighted by molar-refractivity contribution is 6.31. The number of nitrogens with zero attached hydrogens (tertiary/aromatic N) is 2. The SMILES string of the molecule is O=C1c2cccnc2[C@@H](Nc2ccc(F)c(Cl)c2)N1Cc1ccco1. The quantitative estimate of drug-likeness (QED) is 0.759. The zero-order chi connectivity index (χ0) is 17.4. The zero-order valence-corrected chi connectivity index (χ0v) is 13.7. The maximum absolute atomic E-state index is 13.4. The molecule has 2 aromatic heterocycles. The van der Waals surface area contributed by atoms with E-state index in [0.29, 0.717) is 22.7 Å². The molecule has 5 nitrogen and oxygen atoms in total. The first-order valence-corrected chi connectivity index (χ1v) is 8.01. The minimum atomic E-state index is -0.504. The summed E-state index contributed by atoms with van der Waals surface area (Å²) >= 11 is 5.85. The Balaban J connectivity index is 1.70. The average molecular weight is 358 g/mol. The summed E-state index contributed by atoms with van der Waals surface area (Å²) in [4.78, 5) is 18.7. The van der Waals surface area contributed by atoms with E-state index in [2.05, 4.69) is 10.3 Å². The van der Waals surface area contributed by atoms with Gasteiger partial charge in [-0.25, -0.2) is 4.39 Å². The van der Waals surface area contributed by atoms with Crippen LogP contribution in [-0.2, 0) is 6.54 Å². The average Bonchev–Trinajstić information content (AvgIpc) is 3.21. The third-order valence-corrected chi connectivity index (χ3v) is 4.32. The number of carbonyl (C=O) groups excluding carboxylic acids is 1. The Hall–Kier alpha value is -2.86. The van der Waals surface area contributed by atoms with E-state index in [-0.39, 0.29) is 17.5 Å². The maximum Gasteiger partial charge on any atom is 0.258 e. The lowest BCUT2D eigenvalue weighted by Gasteiger charge is -2.25. The van der Waals surface area contributed by atoms with Crippen LogP contribution < -0.4 is 5.32 Å². The van der Waals surface area contributed by atoms with Crippen LogP contribution in [0.25, 0.3) is 0 Å². The fourth-order valence-electron chi connectivity index (χ4n) is 2.86. The van der Waals surface area contributed by atoms with Crippen molar-refractivity contribution >= 4 is 23.2 Å². The smallest absolute Gasteiger partial charge is 0.258 e. The molecule has 4 rings (SSSR count). The van der Waals surface area contributed by atoms with Crippen molar-refractivity contribution in [1.82, 2.24) is 9.88 Å². The number of hydrogen-bond acceptors (Lipinski definition) is 4. The fourth-order valence-corrected chi connectivity index (χ4v) is 3.04. The van der Waals surface area contributed by atoms with Gasteiger partial charge in [0.05, 0.1) is 29.1 Å². The Bertz CT molecular complexity index is 930. The van der Waals surface area contributed by atoms with Crippen molar-refractivity contribution < 1.29 is 13.6 Å². The van der Waals surface area contributed by atoms with Gasteiger partial charge < -0.3 is 14.6 Å². The topological polar surface area (TPSA) is 58.4 Å². The van der Waals surface area contributed by atoms with Gasteiger partial charge in [-0.2, -0.15) is 0 Å². The molecule has 0 unspecified atom stereocenters. The lowest BCUT2D eigenvalue weighted by Crippen LogP contribution is -2.32. The minimum Gasteiger partial charge on any atom is -0.467 e. The van der Waals surface area contributed by atoms with Gasteiger partial charge in [0.15, 0.2) is 0 Å². The summed E-state index contributed by atoms with van der Waals surface area (Å²) in [6.07, 6.45) is 2.69. The minimum absolute atomic E-state index is 0.00755. The van der Waals surface area contributed by atoms with E-state index in [4.69, 9.17) is 16.0 Å². The van der Waals surface area contributed by atoms with Crippen LogP contribution in [0.1, 0.15) is 28.0 Å². The van der Waals surface area contributed by atoms with Crippen molar-refractivity contribution in [3.63, 3.8) is 0 Å². The number of hydrogen-bond donors (Lipinski definition) is 1. The molecule has 7 heteroatoms. The van der Waals surface area contributed by atoms with Crippen LogP contribution in [0, 0.1) is 5.82 Å². The number of anilines is 1. The predicted molar refractivity (Wildman–Crippen MR) is 90.6 cm³/mol. The summed E-state index contributed by atoms with van der Waals surface area (Å²) < 4.78 is 18.8. The van der Waals surface area contributed by atoms with E-state index in [1.807, 2.05) is 0 Å². The summed E-state index contributed by atoms with van der Waals surface area (Å²) in [5.74, 6) is 0.0102. The molecular weight excluding hydrogens is 345 g/mol. The van der Waals surface area contributed by atoms with Crippen LogP contribution >= 0.6 is 11.6 Å². The van der Waals surface area contributed by atoms with Gasteiger partial charge in [0, 0.05) is 11.9 Å². The zero-order valence-electron chi connectivity index (χ0n) is 12.9. The van der Waals surface area contributed by atoms with Gasteiger partial charge in [-0.3, -0.25) is 9.78 Å². The third-order valence-electron chi connectivity index (χ3n) is 4.03. The van der Waals surface area contributed by atoms with E-state index in [0.717, 1.165) is 0 Å². The van der Waals surface area contributed by atoms with Crippen LogP contribution in [0.3, 0.4) is 0 Å². The van der Waals surface area contributed by atoms with Gasteiger partial charge in [-0.1, -0.05) is 11.6 Å². The van der Waals surface area contributed by atoms with Gasteiger partial charge in [0.1, 0.15) is 17.7 Å². The van der Waals surface area contributed by atoms with Crippen molar-refractivity contribution in [2.45, 2.75) is 12.7 Å². The Morgan fingerprint density at radius 1 is 1.28 bits per heavy atom. The second-order valence-electron chi connectivity index (χ2n) is 5.62. The number of carbonyl (C=O) groups is 1. The Labute approximate surface area is 148 Å². The number of pyridine rings is 1. The molecule has 0 bridgehead atoms. The second kappa shape index (κ2) is 6.22. The van der Waals surface area contributed by atoms with E-state index in [1.54, 1.807) is 47.7 Å². The van der Waals surface area contributed by atoms with Gasteiger partial charge in [0.2, 0.25) is 0 Å². The van der Waals surface area contributed by atoms with Crippen molar-refractivity contribution in [3.05, 3.63) is 82.8 Å². The number of fused-ring (bicyclic) bond motifs is 1. The summed E-state index contributed by atoms with van der Waals surface area (Å²) in [5.41, 5.74) is 1.73. The summed E-state index contributed by atoms with van der Waals surface area (Å²) in [7, 11) is 0. The number of halogens is 2. The molecule has 0 saturated heterocycles. The Morgan fingerprint density at radius 3 is 2.92 bits per heavy atom. The van der Waals surface area contributed by atoms with E-state index in [9.17, 15) is 9.18 Å². The molecule has 0 fully saturated rings. The van der Waals surface area contributed by atoms with Crippen molar-refractivity contribution in [2.75, 3.05) is 5.32 Å². The molecule has 1 N–H and O–H groups in total. The monoisotopic (exact) mass is 357 g/mol.